The Morgan fingerprint density at radius 1 is 1.50 bits per heavy atom. The van der Waals surface area contributed by atoms with Crippen LogP contribution < -0.4 is 5.73 Å². The monoisotopic (exact) mass is 391 g/mol. The fourth-order valence-electron chi connectivity index (χ4n) is 1.69. The number of amidine groups is 1. The van der Waals surface area contributed by atoms with Crippen molar-refractivity contribution in [3.63, 3.8) is 0 Å². The zero-order valence-corrected chi connectivity index (χ0v) is 13.5. The molecule has 1 aromatic rings. The molecule has 0 fully saturated rings. The minimum absolute atomic E-state index is 0.0320. The van der Waals surface area contributed by atoms with E-state index in [-0.39, 0.29) is 30.0 Å². The molecule has 7 heteroatoms. The molecular formula is C13H18IN3O3. The van der Waals surface area contributed by atoms with Crippen molar-refractivity contribution in [3.05, 3.63) is 27.3 Å². The van der Waals surface area contributed by atoms with E-state index in [2.05, 4.69) is 5.16 Å². The Morgan fingerprint density at radius 2 is 2.15 bits per heavy atom. The summed E-state index contributed by atoms with van der Waals surface area (Å²) in [7, 11) is 0. The number of phenolic OH excluding ortho intramolecular Hbond substituents is 1. The highest BCUT2D eigenvalue weighted by Crippen LogP contribution is 2.21. The van der Waals surface area contributed by atoms with Crippen molar-refractivity contribution in [2.75, 3.05) is 6.54 Å². The Labute approximate surface area is 131 Å². The first kappa shape index (κ1) is 16.5. The lowest BCUT2D eigenvalue weighted by molar-refractivity contribution is 0.0710. The van der Waals surface area contributed by atoms with E-state index in [0.29, 0.717) is 15.7 Å². The second-order valence-corrected chi connectivity index (χ2v) is 5.76. The average Bonchev–Trinajstić information content (AvgIpc) is 2.41. The molecule has 0 aliphatic rings. The Bertz CT molecular complexity index is 518. The molecule has 4 N–H and O–H groups in total. The number of hydrogen-bond donors (Lipinski definition) is 3. The second kappa shape index (κ2) is 7.32. The Hall–Kier alpha value is -1.51. The molecule has 20 heavy (non-hydrogen) atoms. The van der Waals surface area contributed by atoms with Crippen LogP contribution in [0.5, 0.6) is 5.75 Å². The smallest absolute Gasteiger partial charge is 0.254 e. The number of oxime groups is 1. The lowest BCUT2D eigenvalue weighted by Crippen LogP contribution is -2.39. The van der Waals surface area contributed by atoms with E-state index in [9.17, 15) is 9.90 Å². The number of carbonyl (C=O) groups excluding carboxylic acids is 1. The molecule has 1 aromatic carbocycles. The minimum Gasteiger partial charge on any atom is -0.507 e. The molecule has 1 amide bonds. The van der Waals surface area contributed by atoms with Crippen molar-refractivity contribution >= 4 is 34.3 Å². The summed E-state index contributed by atoms with van der Waals surface area (Å²) in [6.45, 7) is 4.12. The van der Waals surface area contributed by atoms with Crippen molar-refractivity contribution in [1.29, 1.82) is 0 Å². The van der Waals surface area contributed by atoms with Gasteiger partial charge in [-0.25, -0.2) is 0 Å². The van der Waals surface area contributed by atoms with E-state index < -0.39 is 0 Å². The number of rotatable bonds is 5. The molecular weight excluding hydrogens is 373 g/mol. The Balaban J connectivity index is 2.90. The van der Waals surface area contributed by atoms with Crippen LogP contribution in [-0.2, 0) is 0 Å². The quantitative estimate of drug-likeness (QED) is 0.235. The summed E-state index contributed by atoms with van der Waals surface area (Å²) < 4.78 is 0.687. The van der Waals surface area contributed by atoms with Crippen LogP contribution >= 0.6 is 22.6 Å². The van der Waals surface area contributed by atoms with Crippen molar-refractivity contribution in [2.45, 2.75) is 26.3 Å². The number of nitrogens with two attached hydrogens (primary N) is 1. The summed E-state index contributed by atoms with van der Waals surface area (Å²) in [4.78, 5) is 14.0. The lowest BCUT2D eigenvalue weighted by atomic mass is 10.1. The van der Waals surface area contributed by atoms with Crippen LogP contribution in [0.3, 0.4) is 0 Å². The van der Waals surface area contributed by atoms with Gasteiger partial charge in [0.1, 0.15) is 11.6 Å². The van der Waals surface area contributed by atoms with Crippen LogP contribution in [0.2, 0.25) is 0 Å². The maximum Gasteiger partial charge on any atom is 0.254 e. The number of halogens is 1. The largest absolute Gasteiger partial charge is 0.507 e. The Morgan fingerprint density at radius 3 is 2.65 bits per heavy atom. The molecule has 0 unspecified atom stereocenters. The van der Waals surface area contributed by atoms with Crippen LogP contribution in [0.25, 0.3) is 0 Å². The standard InChI is InChI=1S/C13H18IN3O3/c1-8(2)17(6-5-12(15)16-20)13(19)9-3-4-10(14)11(18)7-9/h3-4,7-8,18,20H,5-6H2,1-2H3,(H2,15,16). The number of hydrogen-bond acceptors (Lipinski definition) is 4. The molecule has 0 aliphatic heterocycles. The van der Waals surface area contributed by atoms with E-state index in [1.807, 2.05) is 36.4 Å². The van der Waals surface area contributed by atoms with Gasteiger partial charge in [0.2, 0.25) is 0 Å². The highest BCUT2D eigenvalue weighted by Gasteiger charge is 2.19. The topological polar surface area (TPSA) is 99.1 Å². The van der Waals surface area contributed by atoms with Gasteiger partial charge in [0.05, 0.1) is 3.57 Å². The summed E-state index contributed by atoms with van der Waals surface area (Å²) in [6, 6.07) is 4.77. The zero-order chi connectivity index (χ0) is 15.3. The third kappa shape index (κ3) is 4.26. The molecule has 0 radical (unpaired) electrons. The third-order valence-corrected chi connectivity index (χ3v) is 3.73. The number of carbonyl (C=O) groups is 1. The van der Waals surface area contributed by atoms with E-state index in [0.717, 1.165) is 0 Å². The van der Waals surface area contributed by atoms with Crippen LogP contribution in [0, 0.1) is 3.57 Å². The van der Waals surface area contributed by atoms with E-state index in [1.54, 1.807) is 17.0 Å². The van der Waals surface area contributed by atoms with Crippen LogP contribution in [-0.4, -0.2) is 39.5 Å². The highest BCUT2D eigenvalue weighted by molar-refractivity contribution is 14.1. The molecule has 0 saturated heterocycles. The van der Waals surface area contributed by atoms with Crippen molar-refractivity contribution in [1.82, 2.24) is 4.90 Å². The molecule has 0 aromatic heterocycles. The van der Waals surface area contributed by atoms with Crippen molar-refractivity contribution < 1.29 is 15.1 Å². The maximum absolute atomic E-state index is 12.4. The third-order valence-electron chi connectivity index (χ3n) is 2.81. The zero-order valence-electron chi connectivity index (χ0n) is 11.4. The summed E-state index contributed by atoms with van der Waals surface area (Å²) in [6.07, 6.45) is 0.288. The predicted octanol–water partition coefficient (Wildman–Crippen LogP) is 1.98. The minimum atomic E-state index is -0.197. The summed E-state index contributed by atoms with van der Waals surface area (Å²) in [5.41, 5.74) is 5.84. The van der Waals surface area contributed by atoms with Crippen molar-refractivity contribution in [3.8, 4) is 5.75 Å². The van der Waals surface area contributed by atoms with Gasteiger partial charge < -0.3 is 20.9 Å². The fraction of sp³-hybridized carbons (Fsp3) is 0.385. The van der Waals surface area contributed by atoms with Crippen LogP contribution in [0.1, 0.15) is 30.6 Å². The van der Waals surface area contributed by atoms with Gasteiger partial charge in [-0.2, -0.15) is 0 Å². The summed E-state index contributed by atoms with van der Waals surface area (Å²) >= 11 is 1.99. The molecule has 0 bridgehead atoms. The Kier molecular flexibility index (Phi) is 6.05. The summed E-state index contributed by atoms with van der Waals surface area (Å²) in [5.74, 6) is -0.0389. The number of aromatic hydroxyl groups is 1. The van der Waals surface area contributed by atoms with Gasteiger partial charge in [-0.05, 0) is 54.6 Å². The van der Waals surface area contributed by atoms with E-state index in [4.69, 9.17) is 10.9 Å². The fourth-order valence-corrected chi connectivity index (χ4v) is 2.03. The van der Waals surface area contributed by atoms with Gasteiger partial charge in [0.25, 0.3) is 5.91 Å². The average molecular weight is 391 g/mol. The second-order valence-electron chi connectivity index (χ2n) is 4.60. The number of nitrogens with zero attached hydrogens (tertiary/aromatic N) is 2. The molecule has 6 nitrogen and oxygen atoms in total. The molecule has 0 spiro atoms. The highest BCUT2D eigenvalue weighted by atomic mass is 127. The van der Waals surface area contributed by atoms with E-state index in [1.165, 1.54) is 6.07 Å². The van der Waals surface area contributed by atoms with Gasteiger partial charge >= 0.3 is 0 Å². The molecule has 0 aliphatic carbocycles. The number of amides is 1. The first-order valence-corrected chi connectivity index (χ1v) is 7.20. The molecule has 0 heterocycles. The van der Waals surface area contributed by atoms with Crippen molar-refractivity contribution in [2.24, 2.45) is 10.9 Å². The molecule has 1 rings (SSSR count). The molecule has 0 saturated carbocycles. The summed E-state index contributed by atoms with van der Waals surface area (Å²) in [5, 5.41) is 21.1. The maximum atomic E-state index is 12.4. The van der Waals surface area contributed by atoms with Crippen LogP contribution in [0.15, 0.2) is 23.4 Å². The SMILES string of the molecule is CC(C)N(CC/C(N)=N/O)C(=O)c1ccc(I)c(O)c1. The van der Waals surface area contributed by atoms with Gasteiger partial charge in [-0.15, -0.1) is 0 Å². The lowest BCUT2D eigenvalue weighted by Gasteiger charge is -2.26. The van der Waals surface area contributed by atoms with Gasteiger partial charge in [-0.3, -0.25) is 4.79 Å². The van der Waals surface area contributed by atoms with Gasteiger partial charge in [-0.1, -0.05) is 5.16 Å². The number of phenols is 1. The predicted molar refractivity (Wildman–Crippen MR) is 85.0 cm³/mol. The number of benzene rings is 1. The normalized spacial score (nSPS) is 11.7. The van der Waals surface area contributed by atoms with Gasteiger partial charge in [0, 0.05) is 24.6 Å². The van der Waals surface area contributed by atoms with E-state index >= 15 is 0 Å². The molecule has 0 atom stereocenters. The first-order chi connectivity index (χ1) is 9.36. The first-order valence-electron chi connectivity index (χ1n) is 6.12. The van der Waals surface area contributed by atoms with Gasteiger partial charge in [0.15, 0.2) is 0 Å². The van der Waals surface area contributed by atoms with Crippen LogP contribution in [0.4, 0.5) is 0 Å². The molecule has 110 valence electrons.